The molecule has 0 fully saturated rings. The number of benzene rings is 2. The summed E-state index contributed by atoms with van der Waals surface area (Å²) in [5.41, 5.74) is 2.64. The average molecular weight is 399 g/mol. The van der Waals surface area contributed by atoms with Crippen LogP contribution >= 0.6 is 11.6 Å². The Morgan fingerprint density at radius 3 is 2.79 bits per heavy atom. The van der Waals surface area contributed by atoms with Crippen LogP contribution in [0.15, 0.2) is 85.3 Å². The predicted octanol–water partition coefficient (Wildman–Crippen LogP) is 5.46. The second kappa shape index (κ2) is 7.04. The zero-order valence-electron chi connectivity index (χ0n) is 15.2. The fraction of sp³-hybridized carbons (Fsp3) is 0. The van der Waals surface area contributed by atoms with E-state index >= 15 is 0 Å². The second-order valence-corrected chi connectivity index (χ2v) is 7.04. The zero-order chi connectivity index (χ0) is 19.8. The molecular formula is C23H15ClN4O. The molecule has 1 N–H and O–H groups in total. The number of carbonyl (C=O) groups is 1. The van der Waals surface area contributed by atoms with E-state index in [2.05, 4.69) is 15.3 Å². The third-order valence-electron chi connectivity index (χ3n) is 4.78. The van der Waals surface area contributed by atoms with Crippen molar-refractivity contribution in [2.24, 2.45) is 0 Å². The number of imidazole rings is 1. The molecule has 0 unspecified atom stereocenters. The van der Waals surface area contributed by atoms with Gasteiger partial charge < -0.3 is 5.32 Å². The van der Waals surface area contributed by atoms with Crippen LogP contribution in [0.25, 0.3) is 27.7 Å². The van der Waals surface area contributed by atoms with Crippen LogP contribution in [-0.4, -0.2) is 20.3 Å². The minimum absolute atomic E-state index is 0.272. The molecule has 0 aliphatic rings. The number of carbonyl (C=O) groups excluding carboxylic acids is 1. The van der Waals surface area contributed by atoms with Gasteiger partial charge in [0.1, 0.15) is 5.82 Å². The van der Waals surface area contributed by atoms with Gasteiger partial charge in [0, 0.05) is 45.6 Å². The van der Waals surface area contributed by atoms with E-state index in [1.54, 1.807) is 12.4 Å². The summed E-state index contributed by atoms with van der Waals surface area (Å²) in [6, 6.07) is 20.7. The van der Waals surface area contributed by atoms with Crippen LogP contribution < -0.4 is 5.32 Å². The summed E-state index contributed by atoms with van der Waals surface area (Å²) in [7, 11) is 0. The zero-order valence-corrected chi connectivity index (χ0v) is 16.0. The molecule has 140 valence electrons. The van der Waals surface area contributed by atoms with Crippen LogP contribution in [0, 0.1) is 0 Å². The summed E-state index contributed by atoms with van der Waals surface area (Å²) >= 11 is 6.16. The maximum Gasteiger partial charge on any atom is 0.276 e. The highest BCUT2D eigenvalue weighted by Crippen LogP contribution is 2.27. The highest BCUT2D eigenvalue weighted by Gasteiger charge is 2.19. The van der Waals surface area contributed by atoms with Gasteiger partial charge in [-0.3, -0.25) is 14.2 Å². The standard InChI is InChI=1S/C23H15ClN4O/c24-17-7-3-5-15(13-17)22-27-21(20-9-1-2-12-28(20)22)23(29)26-19-8-4-6-16-14-25-11-10-18(16)19/h1-14H,(H,26,29). The summed E-state index contributed by atoms with van der Waals surface area (Å²) in [4.78, 5) is 21.9. The van der Waals surface area contributed by atoms with Crippen LogP contribution in [0.3, 0.4) is 0 Å². The van der Waals surface area contributed by atoms with E-state index in [1.165, 1.54) is 0 Å². The van der Waals surface area contributed by atoms with Gasteiger partial charge in [-0.1, -0.05) is 41.9 Å². The topological polar surface area (TPSA) is 59.3 Å². The Hall–Kier alpha value is -3.70. The SMILES string of the molecule is O=C(Nc1cccc2cnccc12)c1nc(-c2cccc(Cl)c2)n2ccccc12. The molecule has 6 heteroatoms. The van der Waals surface area contributed by atoms with Crippen molar-refractivity contribution in [3.05, 3.63) is 96.0 Å². The smallest absolute Gasteiger partial charge is 0.276 e. The first-order valence-corrected chi connectivity index (χ1v) is 9.45. The van der Waals surface area contributed by atoms with Gasteiger partial charge >= 0.3 is 0 Å². The van der Waals surface area contributed by atoms with E-state index in [1.807, 2.05) is 77.3 Å². The molecule has 5 rings (SSSR count). The summed E-state index contributed by atoms with van der Waals surface area (Å²) < 4.78 is 1.90. The lowest BCUT2D eigenvalue weighted by molar-refractivity contribution is 0.102. The number of halogens is 1. The molecule has 0 bridgehead atoms. The normalized spacial score (nSPS) is 11.1. The number of anilines is 1. The van der Waals surface area contributed by atoms with Gasteiger partial charge in [-0.2, -0.15) is 0 Å². The maximum absolute atomic E-state index is 13.2. The molecule has 3 aromatic heterocycles. The van der Waals surface area contributed by atoms with Crippen molar-refractivity contribution in [3.63, 3.8) is 0 Å². The van der Waals surface area contributed by atoms with Crippen LogP contribution in [0.4, 0.5) is 5.69 Å². The Morgan fingerprint density at radius 1 is 1.00 bits per heavy atom. The maximum atomic E-state index is 13.2. The molecular weight excluding hydrogens is 384 g/mol. The molecule has 0 atom stereocenters. The molecule has 5 aromatic rings. The average Bonchev–Trinajstić information content (AvgIpc) is 3.14. The summed E-state index contributed by atoms with van der Waals surface area (Å²) in [5, 5.41) is 5.50. The lowest BCUT2D eigenvalue weighted by Gasteiger charge is -2.07. The van der Waals surface area contributed by atoms with Crippen LogP contribution in [0.2, 0.25) is 5.02 Å². The van der Waals surface area contributed by atoms with Gasteiger partial charge in [0.2, 0.25) is 0 Å². The third kappa shape index (κ3) is 3.11. The second-order valence-electron chi connectivity index (χ2n) is 6.61. The van der Waals surface area contributed by atoms with Crippen LogP contribution in [-0.2, 0) is 0 Å². The van der Waals surface area contributed by atoms with Crippen LogP contribution in [0.1, 0.15) is 10.5 Å². The molecule has 0 aliphatic carbocycles. The first-order chi connectivity index (χ1) is 14.2. The van der Waals surface area contributed by atoms with E-state index in [9.17, 15) is 4.79 Å². The fourth-order valence-corrected chi connectivity index (χ4v) is 3.64. The molecule has 0 saturated carbocycles. The first kappa shape index (κ1) is 17.4. The number of hydrogen-bond acceptors (Lipinski definition) is 3. The lowest BCUT2D eigenvalue weighted by Crippen LogP contribution is -2.13. The molecule has 0 spiro atoms. The Balaban J connectivity index is 1.61. The number of hydrogen-bond donors (Lipinski definition) is 1. The van der Waals surface area contributed by atoms with E-state index in [0.29, 0.717) is 16.5 Å². The number of fused-ring (bicyclic) bond motifs is 2. The number of amides is 1. The van der Waals surface area contributed by atoms with Crippen molar-refractivity contribution < 1.29 is 4.79 Å². The van der Waals surface area contributed by atoms with Crippen molar-refractivity contribution >= 4 is 39.5 Å². The molecule has 3 heterocycles. The van der Waals surface area contributed by atoms with E-state index in [4.69, 9.17) is 11.6 Å². The van der Waals surface area contributed by atoms with Crippen molar-refractivity contribution in [2.75, 3.05) is 5.32 Å². The van der Waals surface area contributed by atoms with Crippen molar-refractivity contribution in [1.82, 2.24) is 14.4 Å². The molecule has 5 nitrogen and oxygen atoms in total. The Bertz CT molecular complexity index is 1370. The highest BCUT2D eigenvalue weighted by molar-refractivity contribution is 6.30. The Morgan fingerprint density at radius 2 is 1.90 bits per heavy atom. The van der Waals surface area contributed by atoms with Crippen molar-refractivity contribution in [1.29, 1.82) is 0 Å². The predicted molar refractivity (Wildman–Crippen MR) is 115 cm³/mol. The van der Waals surface area contributed by atoms with E-state index < -0.39 is 0 Å². The third-order valence-corrected chi connectivity index (χ3v) is 5.01. The largest absolute Gasteiger partial charge is 0.320 e. The molecule has 0 saturated heterocycles. The number of aromatic nitrogens is 3. The van der Waals surface area contributed by atoms with E-state index in [0.717, 1.165) is 27.5 Å². The minimum Gasteiger partial charge on any atom is -0.320 e. The molecule has 1 amide bonds. The van der Waals surface area contributed by atoms with E-state index in [-0.39, 0.29) is 5.91 Å². The quantitative estimate of drug-likeness (QED) is 0.439. The summed E-state index contributed by atoms with van der Waals surface area (Å²) in [6.07, 6.45) is 5.37. The molecule has 29 heavy (non-hydrogen) atoms. The van der Waals surface area contributed by atoms with Gasteiger partial charge in [0.25, 0.3) is 5.91 Å². The summed E-state index contributed by atoms with van der Waals surface area (Å²) in [6.45, 7) is 0. The van der Waals surface area contributed by atoms with Crippen LogP contribution in [0.5, 0.6) is 0 Å². The molecule has 0 radical (unpaired) electrons. The number of pyridine rings is 2. The van der Waals surface area contributed by atoms with Crippen molar-refractivity contribution in [2.45, 2.75) is 0 Å². The minimum atomic E-state index is -0.272. The Labute approximate surface area is 171 Å². The fourth-order valence-electron chi connectivity index (χ4n) is 3.45. The highest BCUT2D eigenvalue weighted by atomic mass is 35.5. The lowest BCUT2D eigenvalue weighted by atomic mass is 10.1. The summed E-state index contributed by atoms with van der Waals surface area (Å²) in [5.74, 6) is 0.390. The van der Waals surface area contributed by atoms with Gasteiger partial charge in [-0.25, -0.2) is 4.98 Å². The van der Waals surface area contributed by atoms with Gasteiger partial charge in [0.15, 0.2) is 5.69 Å². The number of nitrogens with one attached hydrogen (secondary N) is 1. The number of nitrogens with zero attached hydrogens (tertiary/aromatic N) is 3. The van der Waals surface area contributed by atoms with Gasteiger partial charge in [-0.05, 0) is 36.4 Å². The first-order valence-electron chi connectivity index (χ1n) is 9.08. The van der Waals surface area contributed by atoms with Crippen molar-refractivity contribution in [3.8, 4) is 11.4 Å². The molecule has 0 aliphatic heterocycles. The molecule has 2 aromatic carbocycles. The number of rotatable bonds is 3. The monoisotopic (exact) mass is 398 g/mol. The van der Waals surface area contributed by atoms with Gasteiger partial charge in [-0.15, -0.1) is 0 Å². The van der Waals surface area contributed by atoms with Gasteiger partial charge in [0.05, 0.1) is 5.52 Å². The Kier molecular flexibility index (Phi) is 4.22.